The standard InChI is InChI=1S/C13H23N5O/c1-2-3-4-15-12-7-13(18-10-17-12)16-9-11-8-14-5-6-19-11/h7,10-11,14H,2-6,8-9H2,1H3,(H2,15,16,17,18). The molecule has 106 valence electrons. The second-order valence-electron chi connectivity index (χ2n) is 4.65. The molecule has 6 heteroatoms. The Kier molecular flexibility index (Phi) is 5.84. The first-order valence-corrected chi connectivity index (χ1v) is 7.00. The van der Waals surface area contributed by atoms with E-state index in [-0.39, 0.29) is 6.10 Å². The maximum atomic E-state index is 5.63. The Bertz CT molecular complexity index is 368. The van der Waals surface area contributed by atoms with Crippen molar-refractivity contribution in [2.45, 2.75) is 25.9 Å². The van der Waals surface area contributed by atoms with Crippen LogP contribution in [0.5, 0.6) is 0 Å². The van der Waals surface area contributed by atoms with Crippen LogP contribution in [0.1, 0.15) is 19.8 Å². The van der Waals surface area contributed by atoms with Gasteiger partial charge in [0.2, 0.25) is 0 Å². The molecule has 1 aliphatic rings. The van der Waals surface area contributed by atoms with Gasteiger partial charge in [0.05, 0.1) is 12.7 Å². The molecule has 0 radical (unpaired) electrons. The minimum atomic E-state index is 0.209. The summed E-state index contributed by atoms with van der Waals surface area (Å²) in [6, 6.07) is 1.94. The van der Waals surface area contributed by atoms with Crippen molar-refractivity contribution in [1.29, 1.82) is 0 Å². The van der Waals surface area contributed by atoms with Gasteiger partial charge in [0.1, 0.15) is 18.0 Å². The smallest absolute Gasteiger partial charge is 0.131 e. The number of nitrogens with one attached hydrogen (secondary N) is 3. The lowest BCUT2D eigenvalue weighted by molar-refractivity contribution is 0.0372. The van der Waals surface area contributed by atoms with Crippen molar-refractivity contribution in [2.75, 3.05) is 43.4 Å². The second kappa shape index (κ2) is 7.91. The largest absolute Gasteiger partial charge is 0.374 e. The van der Waals surface area contributed by atoms with E-state index in [2.05, 4.69) is 32.8 Å². The van der Waals surface area contributed by atoms with E-state index in [0.29, 0.717) is 0 Å². The van der Waals surface area contributed by atoms with Crippen LogP contribution >= 0.6 is 0 Å². The Labute approximate surface area is 114 Å². The molecule has 0 amide bonds. The minimum Gasteiger partial charge on any atom is -0.374 e. The highest BCUT2D eigenvalue weighted by molar-refractivity contribution is 5.46. The molecule has 1 aromatic rings. The van der Waals surface area contributed by atoms with Gasteiger partial charge in [-0.2, -0.15) is 0 Å². The zero-order valence-electron chi connectivity index (χ0n) is 11.5. The lowest BCUT2D eigenvalue weighted by Gasteiger charge is -2.23. The molecule has 0 aliphatic carbocycles. The van der Waals surface area contributed by atoms with Crippen LogP contribution in [0.15, 0.2) is 12.4 Å². The molecule has 6 nitrogen and oxygen atoms in total. The molecule has 2 rings (SSSR count). The molecule has 0 saturated carbocycles. The molecule has 0 bridgehead atoms. The number of hydrogen-bond acceptors (Lipinski definition) is 6. The predicted octanol–water partition coefficient (Wildman–Crippen LogP) is 1.09. The quantitative estimate of drug-likeness (QED) is 0.641. The van der Waals surface area contributed by atoms with Crippen LogP contribution < -0.4 is 16.0 Å². The van der Waals surface area contributed by atoms with Gasteiger partial charge in [-0.3, -0.25) is 0 Å². The lowest BCUT2D eigenvalue weighted by Crippen LogP contribution is -2.42. The molecular weight excluding hydrogens is 242 g/mol. The second-order valence-corrected chi connectivity index (χ2v) is 4.65. The van der Waals surface area contributed by atoms with Crippen molar-refractivity contribution < 1.29 is 4.74 Å². The molecule has 3 N–H and O–H groups in total. The topological polar surface area (TPSA) is 71.1 Å². The van der Waals surface area contributed by atoms with Gasteiger partial charge in [-0.25, -0.2) is 9.97 Å². The Morgan fingerprint density at radius 2 is 2.21 bits per heavy atom. The first-order chi connectivity index (χ1) is 9.38. The summed E-state index contributed by atoms with van der Waals surface area (Å²) in [5, 5.41) is 9.88. The summed E-state index contributed by atoms with van der Waals surface area (Å²) in [7, 11) is 0. The van der Waals surface area contributed by atoms with Crippen LogP contribution in [0.25, 0.3) is 0 Å². The van der Waals surface area contributed by atoms with Gasteiger partial charge < -0.3 is 20.7 Å². The molecule has 2 heterocycles. The van der Waals surface area contributed by atoms with E-state index in [9.17, 15) is 0 Å². The zero-order valence-corrected chi connectivity index (χ0v) is 11.5. The summed E-state index contributed by atoms with van der Waals surface area (Å²) in [5.41, 5.74) is 0. The fourth-order valence-corrected chi connectivity index (χ4v) is 1.91. The van der Waals surface area contributed by atoms with Crippen molar-refractivity contribution in [2.24, 2.45) is 0 Å². The Hall–Kier alpha value is -1.40. The number of morpholine rings is 1. The number of hydrogen-bond donors (Lipinski definition) is 3. The van der Waals surface area contributed by atoms with Gasteiger partial charge in [-0.05, 0) is 6.42 Å². The van der Waals surface area contributed by atoms with E-state index >= 15 is 0 Å². The molecule has 1 atom stereocenters. The summed E-state index contributed by atoms with van der Waals surface area (Å²) in [4.78, 5) is 8.41. The molecule has 1 saturated heterocycles. The van der Waals surface area contributed by atoms with Crippen LogP contribution in [0.3, 0.4) is 0 Å². The number of anilines is 2. The molecule has 1 unspecified atom stereocenters. The molecular formula is C13H23N5O. The van der Waals surface area contributed by atoms with E-state index in [4.69, 9.17) is 4.74 Å². The molecule has 1 fully saturated rings. The third-order valence-electron chi connectivity index (χ3n) is 3.02. The summed E-state index contributed by atoms with van der Waals surface area (Å²) in [5.74, 6) is 1.71. The average molecular weight is 265 g/mol. The average Bonchev–Trinajstić information content (AvgIpc) is 2.47. The summed E-state index contributed by atoms with van der Waals surface area (Å²) < 4.78 is 5.63. The van der Waals surface area contributed by atoms with Crippen LogP contribution in [-0.4, -0.2) is 48.9 Å². The highest BCUT2D eigenvalue weighted by Gasteiger charge is 2.12. The van der Waals surface area contributed by atoms with E-state index < -0.39 is 0 Å². The van der Waals surface area contributed by atoms with Gasteiger partial charge in [0, 0.05) is 32.2 Å². The van der Waals surface area contributed by atoms with Gasteiger partial charge in [0.25, 0.3) is 0 Å². The minimum absolute atomic E-state index is 0.209. The highest BCUT2D eigenvalue weighted by atomic mass is 16.5. The van der Waals surface area contributed by atoms with E-state index in [1.165, 1.54) is 6.42 Å². The monoisotopic (exact) mass is 265 g/mol. The van der Waals surface area contributed by atoms with Crippen molar-refractivity contribution in [1.82, 2.24) is 15.3 Å². The number of ether oxygens (including phenoxy) is 1. The Morgan fingerprint density at radius 1 is 1.37 bits per heavy atom. The molecule has 1 aromatic heterocycles. The van der Waals surface area contributed by atoms with Crippen molar-refractivity contribution in [3.05, 3.63) is 12.4 Å². The highest BCUT2D eigenvalue weighted by Crippen LogP contribution is 2.09. The van der Waals surface area contributed by atoms with Crippen molar-refractivity contribution in [3.8, 4) is 0 Å². The Balaban J connectivity index is 1.77. The lowest BCUT2D eigenvalue weighted by atomic mass is 10.3. The SMILES string of the molecule is CCCCNc1cc(NCC2CNCCO2)ncn1. The molecule has 0 spiro atoms. The molecule has 1 aliphatic heterocycles. The van der Waals surface area contributed by atoms with Gasteiger partial charge in [-0.1, -0.05) is 13.3 Å². The third kappa shape index (κ3) is 5.00. The summed E-state index contributed by atoms with van der Waals surface area (Å²) in [6.45, 7) is 6.49. The zero-order chi connectivity index (χ0) is 13.3. The van der Waals surface area contributed by atoms with E-state index in [1.54, 1.807) is 6.33 Å². The number of nitrogens with zero attached hydrogens (tertiary/aromatic N) is 2. The molecule has 19 heavy (non-hydrogen) atoms. The maximum Gasteiger partial charge on any atom is 0.131 e. The first-order valence-electron chi connectivity index (χ1n) is 7.00. The van der Waals surface area contributed by atoms with Crippen molar-refractivity contribution >= 4 is 11.6 Å². The fraction of sp³-hybridized carbons (Fsp3) is 0.692. The molecule has 0 aromatic carbocycles. The number of rotatable bonds is 7. The fourth-order valence-electron chi connectivity index (χ4n) is 1.91. The summed E-state index contributed by atoms with van der Waals surface area (Å²) >= 11 is 0. The van der Waals surface area contributed by atoms with E-state index in [1.807, 2.05) is 6.07 Å². The third-order valence-corrected chi connectivity index (χ3v) is 3.02. The van der Waals surface area contributed by atoms with Gasteiger partial charge in [0.15, 0.2) is 0 Å². The Morgan fingerprint density at radius 3 is 2.95 bits per heavy atom. The van der Waals surface area contributed by atoms with Crippen molar-refractivity contribution in [3.63, 3.8) is 0 Å². The number of unbranched alkanes of at least 4 members (excludes halogenated alkanes) is 1. The van der Waals surface area contributed by atoms with Crippen LogP contribution in [-0.2, 0) is 4.74 Å². The maximum absolute atomic E-state index is 5.63. The van der Waals surface area contributed by atoms with Crippen LogP contribution in [0, 0.1) is 0 Å². The normalized spacial score (nSPS) is 19.1. The van der Waals surface area contributed by atoms with Gasteiger partial charge in [-0.15, -0.1) is 0 Å². The van der Waals surface area contributed by atoms with E-state index in [0.717, 1.165) is 50.8 Å². The van der Waals surface area contributed by atoms with Crippen LogP contribution in [0.4, 0.5) is 11.6 Å². The predicted molar refractivity (Wildman–Crippen MR) is 76.5 cm³/mol. The number of aromatic nitrogens is 2. The summed E-state index contributed by atoms with van der Waals surface area (Å²) in [6.07, 6.45) is 4.11. The van der Waals surface area contributed by atoms with Crippen LogP contribution in [0.2, 0.25) is 0 Å². The first kappa shape index (κ1) is 14.0. The van der Waals surface area contributed by atoms with Gasteiger partial charge >= 0.3 is 0 Å².